The predicted octanol–water partition coefficient (Wildman–Crippen LogP) is 5.93. The van der Waals surface area contributed by atoms with Gasteiger partial charge in [-0.15, -0.1) is 0 Å². The fourth-order valence-electron chi connectivity index (χ4n) is 2.92. The van der Waals surface area contributed by atoms with Crippen molar-refractivity contribution in [3.8, 4) is 22.6 Å². The third-order valence-corrected chi connectivity index (χ3v) is 5.32. The van der Waals surface area contributed by atoms with Gasteiger partial charge in [0.25, 0.3) is 5.22 Å². The molecule has 0 fully saturated rings. The van der Waals surface area contributed by atoms with Crippen LogP contribution in [0.4, 0.5) is 0 Å². The monoisotopic (exact) mass is 387 g/mol. The third-order valence-electron chi connectivity index (χ3n) is 4.24. The number of carboxylic acids is 1. The number of aliphatic carboxylic acids is 1. The number of thioether (sulfide) groups is 1. The van der Waals surface area contributed by atoms with Crippen LogP contribution in [0.2, 0.25) is 0 Å². The van der Waals surface area contributed by atoms with E-state index in [1.807, 2.05) is 78.9 Å². The highest BCUT2D eigenvalue weighted by molar-refractivity contribution is 8.00. The number of hydrogen-bond acceptors (Lipinski definition) is 4. The van der Waals surface area contributed by atoms with Crippen molar-refractivity contribution < 1.29 is 14.3 Å². The zero-order chi connectivity index (χ0) is 19.3. The van der Waals surface area contributed by atoms with Gasteiger partial charge in [0.2, 0.25) is 0 Å². The van der Waals surface area contributed by atoms with Crippen LogP contribution in [0.25, 0.3) is 22.6 Å². The van der Waals surface area contributed by atoms with Crippen LogP contribution in [0, 0.1) is 0 Å². The second-order valence-corrected chi connectivity index (χ2v) is 7.19. The average Bonchev–Trinajstić information content (AvgIpc) is 3.18. The first kappa shape index (κ1) is 18.1. The molecule has 0 aliphatic carbocycles. The van der Waals surface area contributed by atoms with Crippen LogP contribution in [0.1, 0.15) is 10.8 Å². The Hall–Kier alpha value is -3.31. The minimum atomic E-state index is -0.933. The van der Waals surface area contributed by atoms with E-state index in [0.717, 1.165) is 22.9 Å². The molecule has 1 aromatic heterocycles. The zero-order valence-electron chi connectivity index (χ0n) is 14.9. The second-order valence-electron chi connectivity index (χ2n) is 6.14. The van der Waals surface area contributed by atoms with Crippen molar-refractivity contribution in [2.24, 2.45) is 0 Å². The molecule has 0 spiro atoms. The van der Waals surface area contributed by atoms with Gasteiger partial charge in [-0.05, 0) is 17.3 Å². The lowest BCUT2D eigenvalue weighted by molar-refractivity contribution is -0.136. The number of carbonyl (C=O) groups is 1. The van der Waals surface area contributed by atoms with Gasteiger partial charge in [0.1, 0.15) is 10.9 Å². The fraction of sp³-hybridized carbons (Fsp3) is 0.0435. The summed E-state index contributed by atoms with van der Waals surface area (Å²) in [5, 5.41) is 9.24. The summed E-state index contributed by atoms with van der Waals surface area (Å²) < 4.78 is 6.05. The van der Waals surface area contributed by atoms with Crippen molar-refractivity contribution in [1.29, 1.82) is 0 Å². The molecular weight excluding hydrogens is 370 g/mol. The largest absolute Gasteiger partial charge is 0.480 e. The molecule has 0 aliphatic heterocycles. The molecule has 1 atom stereocenters. The molecule has 1 N–H and O–H groups in total. The van der Waals surface area contributed by atoms with Gasteiger partial charge in [-0.25, -0.2) is 4.98 Å². The number of rotatable bonds is 6. The summed E-state index contributed by atoms with van der Waals surface area (Å²) in [6.07, 6.45) is 0. The number of oxazole rings is 1. The molecule has 28 heavy (non-hydrogen) atoms. The van der Waals surface area contributed by atoms with Crippen LogP contribution in [0.5, 0.6) is 0 Å². The van der Waals surface area contributed by atoms with E-state index >= 15 is 0 Å². The summed E-state index contributed by atoms with van der Waals surface area (Å²) in [5.41, 5.74) is 3.21. The topological polar surface area (TPSA) is 63.3 Å². The van der Waals surface area contributed by atoms with Crippen LogP contribution in [-0.2, 0) is 4.79 Å². The number of aromatic nitrogens is 1. The normalized spacial score (nSPS) is 11.9. The van der Waals surface area contributed by atoms with Gasteiger partial charge in [0, 0.05) is 11.1 Å². The first-order chi connectivity index (χ1) is 13.7. The Bertz CT molecular complexity index is 1010. The Morgan fingerprint density at radius 3 is 1.93 bits per heavy atom. The van der Waals surface area contributed by atoms with E-state index in [-0.39, 0.29) is 0 Å². The summed E-state index contributed by atoms with van der Waals surface area (Å²) in [4.78, 5) is 16.5. The average molecular weight is 387 g/mol. The third kappa shape index (κ3) is 3.85. The van der Waals surface area contributed by atoms with Gasteiger partial charge in [-0.3, -0.25) is 4.79 Å². The maximum Gasteiger partial charge on any atom is 0.321 e. The zero-order valence-corrected chi connectivity index (χ0v) is 15.7. The minimum Gasteiger partial charge on any atom is -0.480 e. The van der Waals surface area contributed by atoms with E-state index in [0.29, 0.717) is 22.2 Å². The highest BCUT2D eigenvalue weighted by Crippen LogP contribution is 2.40. The van der Waals surface area contributed by atoms with Gasteiger partial charge in [-0.2, -0.15) is 0 Å². The molecule has 0 amide bonds. The standard InChI is InChI=1S/C23H17NO3S/c25-22(26)21(18-14-8-3-9-15-18)28-23-24-19(16-10-4-1-5-11-16)20(27-23)17-12-6-2-7-13-17/h1-15,21H,(H,25,26). The molecule has 1 heterocycles. The lowest BCUT2D eigenvalue weighted by atomic mass is 10.1. The maximum atomic E-state index is 11.8. The maximum absolute atomic E-state index is 11.8. The van der Waals surface area contributed by atoms with Gasteiger partial charge in [0.05, 0.1) is 0 Å². The molecular formula is C23H17NO3S. The molecule has 0 aliphatic rings. The number of benzene rings is 3. The fourth-order valence-corrected chi connectivity index (χ4v) is 3.79. The van der Waals surface area contributed by atoms with Crippen LogP contribution >= 0.6 is 11.8 Å². The first-order valence-corrected chi connectivity index (χ1v) is 9.66. The summed E-state index contributed by atoms with van der Waals surface area (Å²) in [7, 11) is 0. The highest BCUT2D eigenvalue weighted by Gasteiger charge is 2.25. The van der Waals surface area contributed by atoms with Crippen molar-refractivity contribution in [2.45, 2.75) is 10.5 Å². The molecule has 3 aromatic carbocycles. The number of hydrogen-bond donors (Lipinski definition) is 1. The van der Waals surface area contributed by atoms with E-state index in [4.69, 9.17) is 4.42 Å². The van der Waals surface area contributed by atoms with Gasteiger partial charge in [0.15, 0.2) is 5.76 Å². The van der Waals surface area contributed by atoms with E-state index in [2.05, 4.69) is 4.98 Å². The Morgan fingerprint density at radius 1 is 0.821 bits per heavy atom. The Morgan fingerprint density at radius 2 is 1.36 bits per heavy atom. The summed E-state index contributed by atoms with van der Waals surface area (Å²) in [6, 6.07) is 28.6. The van der Waals surface area contributed by atoms with E-state index in [9.17, 15) is 9.90 Å². The Balaban J connectivity index is 1.76. The van der Waals surface area contributed by atoms with Crippen molar-refractivity contribution in [2.75, 3.05) is 0 Å². The summed E-state index contributed by atoms with van der Waals surface area (Å²) in [6.45, 7) is 0. The molecule has 0 saturated carbocycles. The highest BCUT2D eigenvalue weighted by atomic mass is 32.2. The SMILES string of the molecule is O=C(O)C(Sc1nc(-c2ccccc2)c(-c2ccccc2)o1)c1ccccc1. The number of nitrogens with zero attached hydrogens (tertiary/aromatic N) is 1. The molecule has 0 radical (unpaired) electrons. The number of carboxylic acid groups (broad SMARTS) is 1. The molecule has 4 aromatic rings. The van der Waals surface area contributed by atoms with E-state index in [1.165, 1.54) is 0 Å². The summed E-state index contributed by atoms with van der Waals surface area (Å²) in [5.74, 6) is -0.302. The van der Waals surface area contributed by atoms with Gasteiger partial charge >= 0.3 is 5.97 Å². The van der Waals surface area contributed by atoms with E-state index in [1.54, 1.807) is 12.1 Å². The molecule has 4 rings (SSSR count). The molecule has 4 nitrogen and oxygen atoms in total. The van der Waals surface area contributed by atoms with Gasteiger partial charge < -0.3 is 9.52 Å². The predicted molar refractivity (Wildman–Crippen MR) is 110 cm³/mol. The van der Waals surface area contributed by atoms with Crippen molar-refractivity contribution in [1.82, 2.24) is 4.98 Å². The first-order valence-electron chi connectivity index (χ1n) is 8.78. The Labute approximate surface area is 166 Å². The molecule has 5 heteroatoms. The van der Waals surface area contributed by atoms with Crippen LogP contribution in [0.15, 0.2) is 101 Å². The van der Waals surface area contributed by atoms with Crippen LogP contribution in [-0.4, -0.2) is 16.1 Å². The quantitative estimate of drug-likeness (QED) is 0.416. The van der Waals surface area contributed by atoms with E-state index < -0.39 is 11.2 Å². The minimum absolute atomic E-state index is 0.328. The van der Waals surface area contributed by atoms with Crippen molar-refractivity contribution >= 4 is 17.7 Å². The lowest BCUT2D eigenvalue weighted by Crippen LogP contribution is -2.07. The molecule has 0 saturated heterocycles. The van der Waals surface area contributed by atoms with Gasteiger partial charge in [-0.1, -0.05) is 91.0 Å². The Kier molecular flexibility index (Phi) is 5.26. The smallest absolute Gasteiger partial charge is 0.321 e. The molecule has 1 unspecified atom stereocenters. The lowest BCUT2D eigenvalue weighted by Gasteiger charge is -2.09. The van der Waals surface area contributed by atoms with Crippen LogP contribution in [0.3, 0.4) is 0 Å². The van der Waals surface area contributed by atoms with Crippen LogP contribution < -0.4 is 0 Å². The molecule has 0 bridgehead atoms. The second kappa shape index (κ2) is 8.15. The van der Waals surface area contributed by atoms with Crippen molar-refractivity contribution in [3.05, 3.63) is 96.6 Å². The van der Waals surface area contributed by atoms with Crippen molar-refractivity contribution in [3.63, 3.8) is 0 Å². The summed E-state index contributed by atoms with van der Waals surface area (Å²) >= 11 is 1.10. The molecule has 138 valence electrons.